The molecule has 2 heteroatoms. The summed E-state index contributed by atoms with van der Waals surface area (Å²) in [6.07, 6.45) is 1.69. The van der Waals surface area contributed by atoms with Crippen molar-refractivity contribution in [2.45, 2.75) is 48.5 Å². The van der Waals surface area contributed by atoms with Gasteiger partial charge >= 0.3 is 0 Å². The Hall–Kier alpha value is 0.0200. The highest BCUT2D eigenvalue weighted by Gasteiger charge is 1.80. The van der Waals surface area contributed by atoms with Crippen LogP contribution in [0.25, 0.3) is 0 Å². The normalized spacial score (nSPS) is 5.50. The summed E-state index contributed by atoms with van der Waals surface area (Å²) in [6, 6.07) is 0. The van der Waals surface area contributed by atoms with E-state index in [1.165, 1.54) is 6.92 Å². The monoisotopic (exact) mass is 196 g/mol. The minimum atomic E-state index is -0.0741. The van der Waals surface area contributed by atoms with Gasteiger partial charge in [-0.3, -0.25) is 0 Å². The molecule has 0 fully saturated rings. The van der Waals surface area contributed by atoms with Gasteiger partial charge in [0.1, 0.15) is 0 Å². The lowest BCUT2D eigenvalue weighted by molar-refractivity contribution is 0.627. The van der Waals surface area contributed by atoms with Crippen LogP contribution in [0.1, 0.15) is 48.5 Å². The van der Waals surface area contributed by atoms with Crippen molar-refractivity contribution in [2.75, 3.05) is 6.26 Å². The first kappa shape index (κ1) is 22.7. The highest BCUT2D eigenvalue weighted by molar-refractivity contribution is 7.79. The first-order chi connectivity index (χ1) is 5.64. The Kier molecular flexibility index (Phi) is 57.7. The average molecular weight is 196 g/mol. The van der Waals surface area contributed by atoms with Crippen LogP contribution in [0.4, 0.5) is 4.39 Å². The molecule has 0 aromatic carbocycles. The van der Waals surface area contributed by atoms with Crippen molar-refractivity contribution in [1.82, 2.24) is 0 Å². The van der Waals surface area contributed by atoms with E-state index in [0.29, 0.717) is 0 Å². The molecule has 0 bridgehead atoms. The molecule has 0 aliphatic carbocycles. The predicted molar refractivity (Wildman–Crippen MR) is 62.8 cm³/mol. The number of hydrogen-bond donors (Lipinski definition) is 1. The van der Waals surface area contributed by atoms with E-state index >= 15 is 0 Å². The van der Waals surface area contributed by atoms with E-state index in [-0.39, 0.29) is 5.83 Å². The first-order valence-electron chi connectivity index (χ1n) is 4.39. The summed E-state index contributed by atoms with van der Waals surface area (Å²) in [5.74, 6) is -0.0741. The Bertz CT molecular complexity index is 59.9. The largest absolute Gasteiger partial charge is 0.212 e. The molecule has 0 aliphatic rings. The van der Waals surface area contributed by atoms with E-state index < -0.39 is 0 Å². The highest BCUT2D eigenvalue weighted by atomic mass is 32.1. The molecule has 0 rings (SSSR count). The average Bonchev–Trinajstić information content (AvgIpc) is 2.14. The molecule has 0 aromatic heterocycles. The summed E-state index contributed by atoms with van der Waals surface area (Å²) in [5, 5.41) is 0. The lowest BCUT2D eigenvalue weighted by Gasteiger charge is -1.83. The van der Waals surface area contributed by atoms with E-state index in [1.807, 2.05) is 27.7 Å². The summed E-state index contributed by atoms with van der Waals surface area (Å²) < 4.78 is 11.7. The lowest BCUT2D eigenvalue weighted by Crippen LogP contribution is -1.64. The molecule has 0 saturated heterocycles. The van der Waals surface area contributed by atoms with Gasteiger partial charge < -0.3 is 0 Å². The van der Waals surface area contributed by atoms with Gasteiger partial charge in [-0.1, -0.05) is 27.7 Å². The Balaban J connectivity index is -0.0000000453. The van der Waals surface area contributed by atoms with E-state index in [9.17, 15) is 4.39 Å². The van der Waals surface area contributed by atoms with Gasteiger partial charge in [-0.25, -0.2) is 4.39 Å². The smallest absolute Gasteiger partial charge is 0.0955 e. The summed E-state index contributed by atoms with van der Waals surface area (Å²) in [7, 11) is 0. The molecule has 0 amide bonds. The van der Waals surface area contributed by atoms with Crippen molar-refractivity contribution in [3.05, 3.63) is 11.4 Å². The number of rotatable bonds is 0. The van der Waals surface area contributed by atoms with Crippen molar-refractivity contribution in [3.8, 4) is 0 Å². The molecule has 0 saturated carbocycles. The maximum Gasteiger partial charge on any atom is 0.0955 e. The topological polar surface area (TPSA) is 0 Å². The van der Waals surface area contributed by atoms with Crippen LogP contribution in [0.5, 0.6) is 0 Å². The molecule has 0 nitrogen and oxygen atoms in total. The minimum absolute atomic E-state index is 0.0741. The van der Waals surface area contributed by atoms with Crippen molar-refractivity contribution in [1.29, 1.82) is 0 Å². The molecule has 0 atom stereocenters. The molecular weight excluding hydrogens is 171 g/mol. The first-order valence-corrected chi connectivity index (χ1v) is 5.28. The number of thiol groups is 1. The van der Waals surface area contributed by atoms with Gasteiger partial charge in [0.05, 0.1) is 5.83 Å². The fourth-order valence-electron chi connectivity index (χ4n) is 0. The van der Waals surface area contributed by atoms with Crippen LogP contribution in [0.3, 0.4) is 0 Å². The van der Waals surface area contributed by atoms with Gasteiger partial charge in [0.25, 0.3) is 0 Å². The van der Waals surface area contributed by atoms with Crippen molar-refractivity contribution < 1.29 is 4.39 Å². The van der Waals surface area contributed by atoms with Gasteiger partial charge in [0, 0.05) is 0 Å². The van der Waals surface area contributed by atoms with Crippen LogP contribution in [0, 0.1) is 0 Å². The van der Waals surface area contributed by atoms with Gasteiger partial charge in [-0.05, 0) is 32.6 Å². The van der Waals surface area contributed by atoms with Crippen LogP contribution in [0.15, 0.2) is 11.4 Å². The molecule has 0 radical (unpaired) electrons. The van der Waals surface area contributed by atoms with Crippen molar-refractivity contribution >= 4 is 12.6 Å². The van der Waals surface area contributed by atoms with E-state index in [4.69, 9.17) is 0 Å². The molecule has 0 aromatic rings. The third kappa shape index (κ3) is 50.4. The second kappa shape index (κ2) is 30.5. The summed E-state index contributed by atoms with van der Waals surface area (Å²) in [5.41, 5.74) is 0.759. The highest BCUT2D eigenvalue weighted by Crippen LogP contribution is 2.00. The van der Waals surface area contributed by atoms with Crippen molar-refractivity contribution in [2.24, 2.45) is 0 Å². The maximum atomic E-state index is 11.7. The Morgan fingerprint density at radius 3 is 0.917 bits per heavy atom. The SMILES string of the molecule is CC.CC.CC(C)=C(C)F.CS. The van der Waals surface area contributed by atoms with Gasteiger partial charge in [-0.15, -0.1) is 0 Å². The summed E-state index contributed by atoms with van der Waals surface area (Å²) in [4.78, 5) is 0. The van der Waals surface area contributed by atoms with Gasteiger partial charge in [0.2, 0.25) is 0 Å². The number of halogens is 1. The fraction of sp³-hybridized carbons (Fsp3) is 0.800. The van der Waals surface area contributed by atoms with E-state index in [2.05, 4.69) is 12.6 Å². The zero-order valence-corrected chi connectivity index (χ0v) is 10.7. The Morgan fingerprint density at radius 1 is 0.833 bits per heavy atom. The third-order valence-electron chi connectivity index (χ3n) is 0.689. The lowest BCUT2D eigenvalue weighted by atomic mass is 10.3. The van der Waals surface area contributed by atoms with Crippen LogP contribution >= 0.6 is 12.6 Å². The Morgan fingerprint density at radius 2 is 0.917 bits per heavy atom. The Labute approximate surface area is 83.7 Å². The predicted octanol–water partition coefficient (Wildman–Crippen LogP) is 4.87. The summed E-state index contributed by atoms with van der Waals surface area (Å²) >= 11 is 3.53. The second-order valence-corrected chi connectivity index (χ2v) is 1.53. The van der Waals surface area contributed by atoms with E-state index in [0.717, 1.165) is 5.57 Å². The molecule has 0 unspecified atom stereocenters. The number of allylic oxidation sites excluding steroid dienone is 2. The second-order valence-electron chi connectivity index (χ2n) is 1.53. The van der Waals surface area contributed by atoms with Gasteiger partial charge in [-0.2, -0.15) is 12.6 Å². The van der Waals surface area contributed by atoms with Crippen LogP contribution < -0.4 is 0 Å². The summed E-state index contributed by atoms with van der Waals surface area (Å²) in [6.45, 7) is 12.9. The molecule has 78 valence electrons. The number of hydrogen-bond acceptors (Lipinski definition) is 1. The maximum absolute atomic E-state index is 11.7. The third-order valence-corrected chi connectivity index (χ3v) is 0.689. The molecular formula is C10H25FS. The molecule has 0 N–H and O–H groups in total. The molecule has 0 heterocycles. The zero-order chi connectivity index (χ0) is 11.2. The molecule has 12 heavy (non-hydrogen) atoms. The van der Waals surface area contributed by atoms with E-state index in [1.54, 1.807) is 20.1 Å². The zero-order valence-electron chi connectivity index (χ0n) is 9.83. The van der Waals surface area contributed by atoms with Gasteiger partial charge in [0.15, 0.2) is 0 Å². The minimum Gasteiger partial charge on any atom is -0.212 e. The standard InChI is InChI=1S/C5H9F.2C2H6.CH4S/c1-4(2)5(3)6;3*1-2/h1-3H3;2*1-2H3;2H,1H3. The fourth-order valence-corrected chi connectivity index (χ4v) is 0. The van der Waals surface area contributed by atoms with Crippen molar-refractivity contribution in [3.63, 3.8) is 0 Å². The van der Waals surface area contributed by atoms with Crippen LogP contribution in [-0.4, -0.2) is 6.26 Å². The quantitative estimate of drug-likeness (QED) is 0.525. The molecule has 0 aliphatic heterocycles. The van der Waals surface area contributed by atoms with Crippen LogP contribution in [0.2, 0.25) is 0 Å². The van der Waals surface area contributed by atoms with Crippen LogP contribution in [-0.2, 0) is 0 Å². The molecule has 0 spiro atoms.